The fraction of sp³-hybridized carbons (Fsp3) is 0.364. The van der Waals surface area contributed by atoms with Crippen molar-refractivity contribution >= 4 is 17.9 Å². The SMILES string of the molecule is O=CC(O)N1Cc2c(NCc3ccc(CN4CCOCC4)cc3)cc(F)cc2C1=O. The molecule has 0 radical (unpaired) electrons. The minimum Gasteiger partial charge on any atom is -0.381 e. The van der Waals surface area contributed by atoms with E-state index >= 15 is 0 Å². The number of carbonyl (C=O) groups is 2. The molecule has 1 saturated heterocycles. The third-order valence-electron chi connectivity index (χ3n) is 5.49. The lowest BCUT2D eigenvalue weighted by Gasteiger charge is -2.26. The predicted molar refractivity (Wildman–Crippen MR) is 108 cm³/mol. The van der Waals surface area contributed by atoms with Gasteiger partial charge >= 0.3 is 0 Å². The summed E-state index contributed by atoms with van der Waals surface area (Å²) < 4.78 is 19.4. The maximum atomic E-state index is 14.1. The molecular weight excluding hydrogens is 389 g/mol. The quantitative estimate of drug-likeness (QED) is 0.673. The molecule has 2 aromatic rings. The average Bonchev–Trinajstić information content (AvgIpc) is 3.10. The Labute approximate surface area is 174 Å². The van der Waals surface area contributed by atoms with Gasteiger partial charge in [-0.1, -0.05) is 24.3 Å². The lowest BCUT2D eigenvalue weighted by molar-refractivity contribution is -0.121. The highest BCUT2D eigenvalue weighted by Crippen LogP contribution is 2.31. The van der Waals surface area contributed by atoms with Gasteiger partial charge in [-0.15, -0.1) is 0 Å². The van der Waals surface area contributed by atoms with Gasteiger partial charge in [0, 0.05) is 43.0 Å². The van der Waals surface area contributed by atoms with Crippen LogP contribution in [0.1, 0.15) is 27.0 Å². The monoisotopic (exact) mass is 413 g/mol. The molecule has 4 rings (SSSR count). The summed E-state index contributed by atoms with van der Waals surface area (Å²) in [4.78, 5) is 26.6. The second-order valence-electron chi connectivity index (χ2n) is 7.52. The molecule has 2 aromatic carbocycles. The smallest absolute Gasteiger partial charge is 0.257 e. The number of anilines is 1. The van der Waals surface area contributed by atoms with E-state index in [-0.39, 0.29) is 18.4 Å². The Balaban J connectivity index is 1.43. The number of rotatable bonds is 7. The van der Waals surface area contributed by atoms with Gasteiger partial charge in [-0.25, -0.2) is 4.39 Å². The van der Waals surface area contributed by atoms with E-state index in [0.717, 1.165) is 49.4 Å². The maximum absolute atomic E-state index is 14.1. The maximum Gasteiger partial charge on any atom is 0.257 e. The minimum absolute atomic E-state index is 0.0508. The zero-order valence-corrected chi connectivity index (χ0v) is 16.5. The number of amides is 1. The summed E-state index contributed by atoms with van der Waals surface area (Å²) in [6, 6.07) is 10.7. The van der Waals surface area contributed by atoms with Crippen molar-refractivity contribution in [3.05, 3.63) is 64.5 Å². The van der Waals surface area contributed by atoms with Crippen molar-refractivity contribution in [3.8, 4) is 0 Å². The predicted octanol–water partition coefficient (Wildman–Crippen LogP) is 1.74. The van der Waals surface area contributed by atoms with E-state index in [9.17, 15) is 19.1 Å². The van der Waals surface area contributed by atoms with E-state index in [1.165, 1.54) is 11.6 Å². The zero-order chi connectivity index (χ0) is 21.1. The number of aliphatic hydroxyl groups is 1. The molecule has 2 N–H and O–H groups in total. The first-order valence-electron chi connectivity index (χ1n) is 9.93. The van der Waals surface area contributed by atoms with E-state index in [2.05, 4.69) is 22.3 Å². The number of fused-ring (bicyclic) bond motifs is 1. The number of carbonyl (C=O) groups excluding carboxylic acids is 2. The molecule has 0 bridgehead atoms. The topological polar surface area (TPSA) is 82.1 Å². The summed E-state index contributed by atoms with van der Waals surface area (Å²) in [7, 11) is 0. The van der Waals surface area contributed by atoms with E-state index in [4.69, 9.17) is 4.74 Å². The summed E-state index contributed by atoms with van der Waals surface area (Å²) in [5.74, 6) is -1.10. The van der Waals surface area contributed by atoms with Gasteiger partial charge in [0.25, 0.3) is 5.91 Å². The van der Waals surface area contributed by atoms with Gasteiger partial charge in [0.05, 0.1) is 19.8 Å². The molecule has 1 fully saturated rings. The number of ether oxygens (including phenoxy) is 1. The van der Waals surface area contributed by atoms with Crippen molar-refractivity contribution in [2.24, 2.45) is 0 Å². The van der Waals surface area contributed by atoms with E-state index < -0.39 is 18.0 Å². The molecule has 0 aliphatic carbocycles. The Hall–Kier alpha value is -2.81. The molecule has 2 aliphatic rings. The van der Waals surface area contributed by atoms with Crippen LogP contribution in [0.5, 0.6) is 0 Å². The number of benzene rings is 2. The fourth-order valence-corrected chi connectivity index (χ4v) is 3.82. The summed E-state index contributed by atoms with van der Waals surface area (Å²) in [5.41, 5.74) is 3.46. The van der Waals surface area contributed by atoms with Crippen LogP contribution in [0.25, 0.3) is 0 Å². The molecule has 0 saturated carbocycles. The molecule has 30 heavy (non-hydrogen) atoms. The highest BCUT2D eigenvalue weighted by atomic mass is 19.1. The standard InChI is InChI=1S/C22H24FN3O4/c23-17-9-18-19(13-26(22(18)29)21(28)14-27)20(10-17)24-11-15-1-3-16(4-2-15)12-25-5-7-30-8-6-25/h1-4,9-10,14,21,24,28H,5-8,11-13H2. The summed E-state index contributed by atoms with van der Waals surface area (Å²) in [5, 5.41) is 12.9. The second-order valence-corrected chi connectivity index (χ2v) is 7.52. The normalized spacial score (nSPS) is 17.7. The van der Waals surface area contributed by atoms with Gasteiger partial charge in [-0.3, -0.25) is 14.5 Å². The van der Waals surface area contributed by atoms with Crippen LogP contribution in [-0.2, 0) is 29.2 Å². The first-order valence-corrected chi connectivity index (χ1v) is 9.93. The van der Waals surface area contributed by atoms with Crippen molar-refractivity contribution in [2.75, 3.05) is 31.6 Å². The van der Waals surface area contributed by atoms with Gasteiger partial charge in [0.2, 0.25) is 0 Å². The third-order valence-corrected chi connectivity index (χ3v) is 5.49. The highest BCUT2D eigenvalue weighted by Gasteiger charge is 2.34. The number of hydrogen-bond acceptors (Lipinski definition) is 6. The number of aldehydes is 1. The van der Waals surface area contributed by atoms with Crippen molar-refractivity contribution in [1.29, 1.82) is 0 Å². The Kier molecular flexibility index (Phi) is 6.08. The molecule has 1 amide bonds. The van der Waals surface area contributed by atoms with Crippen molar-refractivity contribution < 1.29 is 23.8 Å². The van der Waals surface area contributed by atoms with Gasteiger partial charge in [-0.05, 0) is 23.3 Å². The number of hydrogen-bond donors (Lipinski definition) is 2. The number of halogens is 1. The molecule has 0 spiro atoms. The molecule has 0 aromatic heterocycles. The second kappa shape index (κ2) is 8.91. The van der Waals surface area contributed by atoms with E-state index in [1.807, 2.05) is 12.1 Å². The highest BCUT2D eigenvalue weighted by molar-refractivity contribution is 6.01. The molecule has 2 aliphatic heterocycles. The van der Waals surface area contributed by atoms with Crippen molar-refractivity contribution in [3.63, 3.8) is 0 Å². The number of nitrogens with one attached hydrogen (secondary N) is 1. The molecule has 8 heteroatoms. The lowest BCUT2D eigenvalue weighted by atomic mass is 10.1. The van der Waals surface area contributed by atoms with E-state index in [1.54, 1.807) is 0 Å². The Morgan fingerprint density at radius 3 is 2.57 bits per heavy atom. The van der Waals surface area contributed by atoms with Gasteiger partial charge in [0.1, 0.15) is 5.82 Å². The molecule has 158 valence electrons. The van der Waals surface area contributed by atoms with Crippen LogP contribution in [0.4, 0.5) is 10.1 Å². The van der Waals surface area contributed by atoms with E-state index in [0.29, 0.717) is 17.8 Å². The molecular formula is C22H24FN3O4. The van der Waals surface area contributed by atoms with Crippen LogP contribution >= 0.6 is 0 Å². The number of aliphatic hydroxyl groups excluding tert-OH is 1. The third kappa shape index (κ3) is 4.35. The molecule has 2 heterocycles. The average molecular weight is 413 g/mol. The summed E-state index contributed by atoms with van der Waals surface area (Å²) >= 11 is 0. The molecule has 1 unspecified atom stereocenters. The number of nitrogens with zero attached hydrogens (tertiary/aromatic N) is 2. The largest absolute Gasteiger partial charge is 0.381 e. The van der Waals surface area contributed by atoms with Gasteiger partial charge in [-0.2, -0.15) is 0 Å². The van der Waals surface area contributed by atoms with Crippen LogP contribution in [0.2, 0.25) is 0 Å². The fourth-order valence-electron chi connectivity index (χ4n) is 3.82. The van der Waals surface area contributed by atoms with Crippen LogP contribution in [0.3, 0.4) is 0 Å². The molecule has 1 atom stereocenters. The van der Waals surface area contributed by atoms with Crippen LogP contribution in [0, 0.1) is 5.82 Å². The zero-order valence-electron chi connectivity index (χ0n) is 16.5. The lowest BCUT2D eigenvalue weighted by Crippen LogP contribution is -2.36. The first-order chi connectivity index (χ1) is 14.5. The number of morpholine rings is 1. The van der Waals surface area contributed by atoms with Crippen molar-refractivity contribution in [1.82, 2.24) is 9.80 Å². The Bertz CT molecular complexity index is 929. The van der Waals surface area contributed by atoms with Gasteiger partial charge < -0.3 is 20.1 Å². The Morgan fingerprint density at radius 2 is 1.87 bits per heavy atom. The summed E-state index contributed by atoms with van der Waals surface area (Å²) in [6.07, 6.45) is -1.26. The first kappa shape index (κ1) is 20.5. The minimum atomic E-state index is -1.54. The molecule has 7 nitrogen and oxygen atoms in total. The van der Waals surface area contributed by atoms with Crippen LogP contribution in [0.15, 0.2) is 36.4 Å². The van der Waals surface area contributed by atoms with Gasteiger partial charge in [0.15, 0.2) is 12.5 Å². The van der Waals surface area contributed by atoms with Crippen LogP contribution in [-0.4, -0.2) is 59.6 Å². The summed E-state index contributed by atoms with van der Waals surface area (Å²) in [6.45, 7) is 4.79. The van der Waals surface area contributed by atoms with Crippen LogP contribution < -0.4 is 5.32 Å². The van der Waals surface area contributed by atoms with Crippen molar-refractivity contribution in [2.45, 2.75) is 25.9 Å². The Morgan fingerprint density at radius 1 is 1.17 bits per heavy atom.